The maximum atomic E-state index is 14.3. The lowest BCUT2D eigenvalue weighted by atomic mass is 9.65. The standard InChI is InChI=1S/C35H55N3O6Si/c1-9-10-21-41-30-29(32(40)38(26(2)3)20-22-44-45(7,8)33(4,5)6)36-28(37-31(30)39)25-34(27-14-12-11-13-15-27)16-18-35(19-17-34)42-23-24-43-35/h11-15,26H,9-10,16-25H2,1-8H3,(H,36,37,39). The number of rotatable bonds is 13. The van der Waals surface area contributed by atoms with E-state index in [1.165, 1.54) is 5.56 Å². The van der Waals surface area contributed by atoms with E-state index in [9.17, 15) is 9.90 Å². The molecule has 0 radical (unpaired) electrons. The van der Waals surface area contributed by atoms with Gasteiger partial charge in [0.2, 0.25) is 5.75 Å². The van der Waals surface area contributed by atoms with Crippen LogP contribution in [0.25, 0.3) is 0 Å². The first kappa shape index (κ1) is 35.3. The van der Waals surface area contributed by atoms with E-state index >= 15 is 0 Å². The van der Waals surface area contributed by atoms with Crippen LogP contribution in [-0.2, 0) is 25.7 Å². The molecule has 45 heavy (non-hydrogen) atoms. The minimum atomic E-state index is -2.00. The minimum absolute atomic E-state index is 0.0530. The quantitative estimate of drug-likeness (QED) is 0.184. The van der Waals surface area contributed by atoms with Gasteiger partial charge in [0.1, 0.15) is 5.82 Å². The van der Waals surface area contributed by atoms with Crippen LogP contribution in [0.3, 0.4) is 0 Å². The normalized spacial score (nSPS) is 18.0. The number of benzene rings is 1. The fraction of sp³-hybridized carbons (Fsp3) is 0.686. The molecule has 9 nitrogen and oxygen atoms in total. The Hall–Kier alpha value is -2.53. The molecule has 1 aliphatic heterocycles. The number of carbonyl (C=O) groups is 1. The van der Waals surface area contributed by atoms with Crippen molar-refractivity contribution in [3.63, 3.8) is 0 Å². The van der Waals surface area contributed by atoms with Gasteiger partial charge in [-0.2, -0.15) is 4.98 Å². The predicted octanol–water partition coefficient (Wildman–Crippen LogP) is 7.03. The molecule has 1 spiro atoms. The van der Waals surface area contributed by atoms with Crippen molar-refractivity contribution in [2.45, 2.75) is 122 Å². The van der Waals surface area contributed by atoms with Gasteiger partial charge in [0.05, 0.1) is 26.4 Å². The second-order valence-electron chi connectivity index (χ2n) is 14.5. The minimum Gasteiger partial charge on any atom is -0.491 e. The molecule has 1 saturated heterocycles. The molecule has 0 unspecified atom stereocenters. The first-order chi connectivity index (χ1) is 21.2. The summed E-state index contributed by atoms with van der Waals surface area (Å²) in [5.41, 5.74) is 0.990. The highest BCUT2D eigenvalue weighted by Crippen LogP contribution is 2.48. The molecular weight excluding hydrogens is 586 g/mol. The lowest BCUT2D eigenvalue weighted by Gasteiger charge is -2.44. The van der Waals surface area contributed by atoms with Crippen molar-refractivity contribution in [3.8, 4) is 11.6 Å². The third-order valence-electron chi connectivity index (χ3n) is 9.99. The van der Waals surface area contributed by atoms with Gasteiger partial charge in [-0.1, -0.05) is 64.4 Å². The summed E-state index contributed by atoms with van der Waals surface area (Å²) in [4.78, 5) is 25.5. The van der Waals surface area contributed by atoms with Gasteiger partial charge < -0.3 is 28.6 Å². The van der Waals surface area contributed by atoms with Gasteiger partial charge in [-0.05, 0) is 56.8 Å². The van der Waals surface area contributed by atoms with Crippen molar-refractivity contribution < 1.29 is 28.5 Å². The molecule has 2 heterocycles. The number of hydrogen-bond acceptors (Lipinski definition) is 8. The van der Waals surface area contributed by atoms with E-state index in [-0.39, 0.29) is 39.7 Å². The van der Waals surface area contributed by atoms with Crippen LogP contribution in [0.15, 0.2) is 30.3 Å². The van der Waals surface area contributed by atoms with Crippen molar-refractivity contribution in [1.82, 2.24) is 14.9 Å². The molecule has 2 fully saturated rings. The lowest BCUT2D eigenvalue weighted by molar-refractivity contribution is -0.185. The van der Waals surface area contributed by atoms with Crippen LogP contribution in [-0.4, -0.2) is 79.0 Å². The van der Waals surface area contributed by atoms with Gasteiger partial charge in [-0.3, -0.25) is 4.79 Å². The zero-order valence-corrected chi connectivity index (χ0v) is 29.8. The Bertz CT molecular complexity index is 1260. The Morgan fingerprint density at radius 3 is 2.27 bits per heavy atom. The summed E-state index contributed by atoms with van der Waals surface area (Å²) in [5, 5.41) is 11.3. The number of hydrogen-bond donors (Lipinski definition) is 1. The molecule has 2 aromatic rings. The molecule has 1 amide bonds. The maximum Gasteiger partial charge on any atom is 0.276 e. The number of ether oxygens (including phenoxy) is 3. The molecule has 2 aliphatic rings. The van der Waals surface area contributed by atoms with E-state index in [1.54, 1.807) is 4.90 Å². The Labute approximate surface area is 271 Å². The van der Waals surface area contributed by atoms with E-state index < -0.39 is 14.1 Å². The van der Waals surface area contributed by atoms with Crippen molar-refractivity contribution in [3.05, 3.63) is 47.4 Å². The van der Waals surface area contributed by atoms with E-state index in [4.69, 9.17) is 23.6 Å². The lowest BCUT2D eigenvalue weighted by Crippen LogP contribution is -2.45. The summed E-state index contributed by atoms with van der Waals surface area (Å²) in [6.07, 6.45) is 5.30. The molecule has 1 aliphatic carbocycles. The SMILES string of the molecule is CCCCOc1c(O)nc(CC2(c3ccccc3)CCC3(CC2)OCCO3)nc1C(=O)N(CCO[Si](C)(C)C(C)(C)C)C(C)C. The Kier molecular flexibility index (Phi) is 11.4. The Morgan fingerprint density at radius 2 is 1.69 bits per heavy atom. The highest BCUT2D eigenvalue weighted by Gasteiger charge is 2.47. The fourth-order valence-corrected chi connectivity index (χ4v) is 7.10. The van der Waals surface area contributed by atoms with E-state index in [2.05, 4.69) is 57.9 Å². The summed E-state index contributed by atoms with van der Waals surface area (Å²) in [7, 11) is -2.00. The third kappa shape index (κ3) is 8.25. The predicted molar refractivity (Wildman–Crippen MR) is 178 cm³/mol. The number of nitrogens with zero attached hydrogens (tertiary/aromatic N) is 3. The second-order valence-corrected chi connectivity index (χ2v) is 19.3. The molecule has 1 saturated carbocycles. The first-order valence-electron chi connectivity index (χ1n) is 16.7. The van der Waals surface area contributed by atoms with E-state index in [0.717, 1.165) is 38.5 Å². The first-order valence-corrected chi connectivity index (χ1v) is 19.6. The van der Waals surface area contributed by atoms with Gasteiger partial charge in [0.15, 0.2) is 19.8 Å². The van der Waals surface area contributed by atoms with Crippen LogP contribution in [0.5, 0.6) is 11.6 Å². The number of carbonyl (C=O) groups excluding carboxylic acids is 1. The van der Waals surface area contributed by atoms with E-state index in [0.29, 0.717) is 45.2 Å². The van der Waals surface area contributed by atoms with E-state index in [1.807, 2.05) is 32.0 Å². The summed E-state index contributed by atoms with van der Waals surface area (Å²) in [6.45, 7) is 19.5. The smallest absolute Gasteiger partial charge is 0.276 e. The average Bonchev–Trinajstić information content (AvgIpc) is 3.45. The van der Waals surface area contributed by atoms with Crippen molar-refractivity contribution >= 4 is 14.2 Å². The molecule has 1 N–H and O–H groups in total. The second kappa shape index (κ2) is 14.5. The van der Waals surface area contributed by atoms with Gasteiger partial charge in [-0.15, -0.1) is 0 Å². The largest absolute Gasteiger partial charge is 0.491 e. The number of aromatic hydroxyl groups is 1. The fourth-order valence-electron chi connectivity index (χ4n) is 6.06. The van der Waals surface area contributed by atoms with Gasteiger partial charge in [0, 0.05) is 37.3 Å². The third-order valence-corrected chi connectivity index (χ3v) is 14.5. The zero-order chi connectivity index (χ0) is 32.9. The van der Waals surface area contributed by atoms with Crippen molar-refractivity contribution in [2.75, 3.05) is 33.0 Å². The van der Waals surface area contributed by atoms with Crippen molar-refractivity contribution in [1.29, 1.82) is 0 Å². The average molecular weight is 642 g/mol. The van der Waals surface area contributed by atoms with Gasteiger partial charge in [-0.25, -0.2) is 4.98 Å². The maximum absolute atomic E-state index is 14.3. The number of unbranched alkanes of at least 4 members (excludes halogenated alkanes) is 1. The summed E-state index contributed by atoms with van der Waals surface area (Å²) in [6, 6.07) is 10.3. The van der Waals surface area contributed by atoms with Crippen LogP contribution in [0.1, 0.15) is 102 Å². The highest BCUT2D eigenvalue weighted by atomic mass is 28.4. The van der Waals surface area contributed by atoms with Crippen LogP contribution in [0.2, 0.25) is 18.1 Å². The van der Waals surface area contributed by atoms with Crippen LogP contribution < -0.4 is 4.74 Å². The molecular formula is C35H55N3O6Si. The molecule has 0 atom stereocenters. The molecule has 0 bridgehead atoms. The highest BCUT2D eigenvalue weighted by molar-refractivity contribution is 6.74. The molecule has 10 heteroatoms. The summed E-state index contributed by atoms with van der Waals surface area (Å²) < 4.78 is 24.5. The number of aromatic nitrogens is 2. The van der Waals surface area contributed by atoms with Crippen LogP contribution in [0, 0.1) is 0 Å². The monoisotopic (exact) mass is 641 g/mol. The van der Waals surface area contributed by atoms with Gasteiger partial charge >= 0.3 is 0 Å². The molecule has 1 aromatic heterocycles. The van der Waals surface area contributed by atoms with Crippen molar-refractivity contribution in [2.24, 2.45) is 0 Å². The Balaban J connectivity index is 1.66. The summed E-state index contributed by atoms with van der Waals surface area (Å²) in [5.74, 6) is -0.633. The molecule has 250 valence electrons. The van der Waals surface area contributed by atoms with Crippen LogP contribution in [0.4, 0.5) is 0 Å². The zero-order valence-electron chi connectivity index (χ0n) is 28.8. The Morgan fingerprint density at radius 1 is 1.04 bits per heavy atom. The van der Waals surface area contributed by atoms with Gasteiger partial charge in [0.25, 0.3) is 11.8 Å². The van der Waals surface area contributed by atoms with Crippen LogP contribution >= 0.6 is 0 Å². The number of amides is 1. The topological polar surface area (TPSA) is 103 Å². The molecule has 4 rings (SSSR count). The summed E-state index contributed by atoms with van der Waals surface area (Å²) >= 11 is 0. The molecule has 1 aromatic carbocycles.